The number of piperazine rings is 1. The van der Waals surface area contributed by atoms with E-state index in [2.05, 4.69) is 19.5 Å². The van der Waals surface area contributed by atoms with Gasteiger partial charge in [0, 0.05) is 39.3 Å². The van der Waals surface area contributed by atoms with Gasteiger partial charge in [-0.05, 0) is 30.3 Å². The number of anilines is 2. The molecule has 1 saturated heterocycles. The smallest absolute Gasteiger partial charge is 0.328 e. The van der Waals surface area contributed by atoms with E-state index in [0.717, 1.165) is 43.9 Å². The third-order valence-electron chi connectivity index (χ3n) is 5.72. The number of rotatable bonds is 7. The standard InChI is InChI=1S/C22H27N5O5S/c1-32-20-6-4-3-5-19(20)26-12-9-25(10-13-26)11-14-27-21(28)17-8-7-16(24-33(2,30)31)15-18(17)23-22(27)29/h3-8,15,24H,9-14H2,1-2H3,(H,23,29). The van der Waals surface area contributed by atoms with Gasteiger partial charge in [0.15, 0.2) is 0 Å². The van der Waals surface area contributed by atoms with Gasteiger partial charge in [-0.1, -0.05) is 12.1 Å². The molecule has 0 spiro atoms. The van der Waals surface area contributed by atoms with Gasteiger partial charge in [-0.15, -0.1) is 0 Å². The highest BCUT2D eigenvalue weighted by Gasteiger charge is 2.20. The number of fused-ring (bicyclic) bond motifs is 1. The van der Waals surface area contributed by atoms with Crippen molar-refractivity contribution >= 4 is 32.3 Å². The number of aromatic nitrogens is 2. The zero-order valence-electron chi connectivity index (χ0n) is 18.6. The van der Waals surface area contributed by atoms with E-state index in [4.69, 9.17) is 4.74 Å². The number of benzene rings is 2. The first-order valence-corrected chi connectivity index (χ1v) is 12.5. The predicted octanol–water partition coefficient (Wildman–Crippen LogP) is 0.892. The molecular weight excluding hydrogens is 446 g/mol. The van der Waals surface area contributed by atoms with Crippen molar-refractivity contribution in [2.45, 2.75) is 6.54 Å². The lowest BCUT2D eigenvalue weighted by Crippen LogP contribution is -2.48. The summed E-state index contributed by atoms with van der Waals surface area (Å²) in [4.78, 5) is 32.6. The van der Waals surface area contributed by atoms with Gasteiger partial charge < -0.3 is 14.6 Å². The third-order valence-corrected chi connectivity index (χ3v) is 6.33. The Labute approximate surface area is 191 Å². The molecule has 0 radical (unpaired) electrons. The Balaban J connectivity index is 1.44. The number of hydrogen-bond donors (Lipinski definition) is 2. The maximum absolute atomic E-state index is 12.9. The highest BCUT2D eigenvalue weighted by Crippen LogP contribution is 2.28. The first-order valence-electron chi connectivity index (χ1n) is 10.6. The quantitative estimate of drug-likeness (QED) is 0.523. The van der Waals surface area contributed by atoms with Gasteiger partial charge in [-0.25, -0.2) is 13.2 Å². The van der Waals surface area contributed by atoms with E-state index in [-0.39, 0.29) is 12.2 Å². The van der Waals surface area contributed by atoms with E-state index in [1.54, 1.807) is 7.11 Å². The Bertz CT molecular complexity index is 1370. The molecule has 2 N–H and O–H groups in total. The molecule has 3 aromatic rings. The summed E-state index contributed by atoms with van der Waals surface area (Å²) in [6, 6.07) is 12.4. The lowest BCUT2D eigenvalue weighted by atomic mass is 10.2. The molecule has 1 aliphatic rings. The molecule has 0 amide bonds. The van der Waals surface area contributed by atoms with Gasteiger partial charge in [0.25, 0.3) is 5.56 Å². The van der Waals surface area contributed by atoms with Crippen molar-refractivity contribution in [3.8, 4) is 5.75 Å². The number of nitrogens with one attached hydrogen (secondary N) is 2. The fourth-order valence-corrected chi connectivity index (χ4v) is 4.64. The van der Waals surface area contributed by atoms with Gasteiger partial charge in [0.1, 0.15) is 5.75 Å². The summed E-state index contributed by atoms with van der Waals surface area (Å²) in [7, 11) is -1.80. The van der Waals surface area contributed by atoms with Crippen molar-refractivity contribution in [3.63, 3.8) is 0 Å². The maximum Gasteiger partial charge on any atom is 0.328 e. The topological polar surface area (TPSA) is 117 Å². The Morgan fingerprint density at radius 1 is 1.03 bits per heavy atom. The fourth-order valence-electron chi connectivity index (χ4n) is 4.08. The van der Waals surface area contributed by atoms with Crippen LogP contribution in [-0.4, -0.2) is 69.0 Å². The Hall–Kier alpha value is -3.31. The number of hydrogen-bond acceptors (Lipinski definition) is 7. The SMILES string of the molecule is COc1ccccc1N1CCN(CCn2c(=O)[nH]c3cc(NS(C)(=O)=O)ccc3c2=O)CC1. The highest BCUT2D eigenvalue weighted by molar-refractivity contribution is 7.92. The van der Waals surface area contributed by atoms with Crippen LogP contribution >= 0.6 is 0 Å². The number of para-hydroxylation sites is 2. The molecule has 4 rings (SSSR count). The molecule has 1 aromatic heterocycles. The fraction of sp³-hybridized carbons (Fsp3) is 0.364. The number of aromatic amines is 1. The molecular formula is C22H27N5O5S. The third kappa shape index (κ3) is 5.20. The van der Waals surface area contributed by atoms with Gasteiger partial charge in [0.2, 0.25) is 10.0 Å². The highest BCUT2D eigenvalue weighted by atomic mass is 32.2. The van der Waals surface area contributed by atoms with Gasteiger partial charge in [-0.3, -0.25) is 19.0 Å². The van der Waals surface area contributed by atoms with E-state index in [1.807, 2.05) is 24.3 Å². The van der Waals surface area contributed by atoms with Crippen LogP contribution in [0.3, 0.4) is 0 Å². The molecule has 0 aliphatic carbocycles. The Morgan fingerprint density at radius 2 is 1.76 bits per heavy atom. The molecule has 176 valence electrons. The first kappa shape index (κ1) is 22.9. The van der Waals surface area contributed by atoms with Crippen LogP contribution in [0.15, 0.2) is 52.1 Å². The van der Waals surface area contributed by atoms with Crippen LogP contribution in [0.1, 0.15) is 0 Å². The summed E-state index contributed by atoms with van der Waals surface area (Å²) < 4.78 is 31.9. The Kier molecular flexibility index (Phi) is 6.43. The second-order valence-electron chi connectivity index (χ2n) is 8.02. The normalized spacial score (nSPS) is 15.0. The average Bonchev–Trinajstić information content (AvgIpc) is 2.78. The number of H-pyrrole nitrogens is 1. The summed E-state index contributed by atoms with van der Waals surface area (Å²) >= 11 is 0. The summed E-state index contributed by atoms with van der Waals surface area (Å²) in [5.74, 6) is 0.843. The lowest BCUT2D eigenvalue weighted by Gasteiger charge is -2.36. The van der Waals surface area contributed by atoms with Crippen LogP contribution in [0.25, 0.3) is 10.9 Å². The summed E-state index contributed by atoms with van der Waals surface area (Å²) in [6.07, 6.45) is 1.04. The average molecular weight is 474 g/mol. The number of nitrogens with zero attached hydrogens (tertiary/aromatic N) is 3. The van der Waals surface area contributed by atoms with Crippen molar-refractivity contribution < 1.29 is 13.2 Å². The Morgan fingerprint density at radius 3 is 2.45 bits per heavy atom. The molecule has 2 aromatic carbocycles. The number of ether oxygens (including phenoxy) is 1. The van der Waals surface area contributed by atoms with Crippen molar-refractivity contribution in [2.75, 3.05) is 55.7 Å². The summed E-state index contributed by atoms with van der Waals surface area (Å²) in [6.45, 7) is 4.08. The van der Waals surface area contributed by atoms with Gasteiger partial charge in [0.05, 0.1) is 35.6 Å². The van der Waals surface area contributed by atoms with Crippen LogP contribution in [0.5, 0.6) is 5.75 Å². The molecule has 1 aliphatic heterocycles. The molecule has 33 heavy (non-hydrogen) atoms. The summed E-state index contributed by atoms with van der Waals surface area (Å²) in [5.41, 5.74) is 0.724. The maximum atomic E-state index is 12.9. The van der Waals surface area contributed by atoms with Crippen LogP contribution in [0, 0.1) is 0 Å². The molecule has 11 heteroatoms. The van der Waals surface area contributed by atoms with Crippen LogP contribution < -0.4 is 25.6 Å². The minimum absolute atomic E-state index is 0.266. The second kappa shape index (κ2) is 9.28. The van der Waals surface area contributed by atoms with Crippen molar-refractivity contribution in [3.05, 3.63) is 63.3 Å². The first-order chi connectivity index (χ1) is 15.7. The zero-order chi connectivity index (χ0) is 23.6. The largest absolute Gasteiger partial charge is 0.495 e. The van der Waals surface area contributed by atoms with Crippen molar-refractivity contribution in [1.82, 2.24) is 14.5 Å². The van der Waals surface area contributed by atoms with Crippen LogP contribution in [0.2, 0.25) is 0 Å². The minimum Gasteiger partial charge on any atom is -0.495 e. The van der Waals surface area contributed by atoms with Gasteiger partial charge in [-0.2, -0.15) is 0 Å². The van der Waals surface area contributed by atoms with E-state index in [9.17, 15) is 18.0 Å². The minimum atomic E-state index is -3.46. The number of sulfonamides is 1. The molecule has 0 unspecified atom stereocenters. The molecule has 0 saturated carbocycles. The molecule has 0 atom stereocenters. The van der Waals surface area contributed by atoms with Crippen molar-refractivity contribution in [2.24, 2.45) is 0 Å². The van der Waals surface area contributed by atoms with E-state index in [1.165, 1.54) is 22.8 Å². The molecule has 0 bridgehead atoms. The van der Waals surface area contributed by atoms with Gasteiger partial charge >= 0.3 is 5.69 Å². The second-order valence-corrected chi connectivity index (χ2v) is 9.77. The molecule has 1 fully saturated rings. The van der Waals surface area contributed by atoms with Crippen LogP contribution in [0.4, 0.5) is 11.4 Å². The predicted molar refractivity (Wildman–Crippen MR) is 129 cm³/mol. The molecule has 2 heterocycles. The van der Waals surface area contributed by atoms with E-state index >= 15 is 0 Å². The monoisotopic (exact) mass is 473 g/mol. The summed E-state index contributed by atoms with van der Waals surface area (Å²) in [5, 5.41) is 0.328. The lowest BCUT2D eigenvalue weighted by molar-refractivity contribution is 0.245. The molecule has 10 nitrogen and oxygen atoms in total. The zero-order valence-corrected chi connectivity index (χ0v) is 19.4. The number of methoxy groups -OCH3 is 1. The van der Waals surface area contributed by atoms with Crippen molar-refractivity contribution in [1.29, 1.82) is 0 Å². The van der Waals surface area contributed by atoms with E-state index in [0.29, 0.717) is 17.4 Å². The van der Waals surface area contributed by atoms with Crippen LogP contribution in [-0.2, 0) is 16.6 Å². The van der Waals surface area contributed by atoms with E-state index < -0.39 is 21.3 Å².